The number of nitrogens with one attached hydrogen (secondary N) is 1. The van der Waals surface area contributed by atoms with E-state index in [2.05, 4.69) is 15.5 Å². The van der Waals surface area contributed by atoms with Crippen LogP contribution in [0.3, 0.4) is 0 Å². The molecule has 0 spiro atoms. The van der Waals surface area contributed by atoms with Crippen molar-refractivity contribution in [3.8, 4) is 0 Å². The van der Waals surface area contributed by atoms with Gasteiger partial charge in [0.15, 0.2) is 5.82 Å². The molecule has 1 saturated carbocycles. The van der Waals surface area contributed by atoms with Crippen LogP contribution in [0.15, 0.2) is 4.52 Å². The number of carbonyl (C=O) groups is 2. The van der Waals surface area contributed by atoms with Crippen molar-refractivity contribution < 1.29 is 24.0 Å². The van der Waals surface area contributed by atoms with Gasteiger partial charge in [-0.15, -0.1) is 0 Å². The fraction of sp³-hybridized carbons (Fsp3) is 0.818. The molecule has 1 aliphatic carbocycles. The summed E-state index contributed by atoms with van der Waals surface area (Å²) in [6, 6.07) is 0. The Balaban J connectivity index is 0.00000218. The van der Waals surface area contributed by atoms with Gasteiger partial charge in [-0.2, -0.15) is 4.98 Å². The normalized spacial score (nSPS) is 15.6. The molecule has 2 N–H and O–H groups in total. The number of ether oxygens (including phenoxy) is 1. The number of carboxylic acid groups (broad SMARTS) is 1. The second kappa shape index (κ2) is 13.2. The van der Waals surface area contributed by atoms with Crippen molar-refractivity contribution in [2.75, 3.05) is 0 Å². The maximum Gasteiger partial charge on any atom is 0.408 e. The van der Waals surface area contributed by atoms with Crippen molar-refractivity contribution in [3.63, 3.8) is 0 Å². The number of aliphatic carboxylic acids is 1. The lowest BCUT2D eigenvalue weighted by molar-refractivity contribution is -0.137. The minimum absolute atomic E-state index is 0.0359. The number of carboxylic acids is 1. The van der Waals surface area contributed by atoms with Crippen LogP contribution >= 0.6 is 0 Å². The molecule has 172 valence electrons. The van der Waals surface area contributed by atoms with Crippen LogP contribution in [0.5, 0.6) is 0 Å². The molecule has 0 aromatic carbocycles. The first-order valence-electron chi connectivity index (χ1n) is 11.2. The number of amides is 1. The van der Waals surface area contributed by atoms with Gasteiger partial charge in [0, 0.05) is 5.92 Å². The van der Waals surface area contributed by atoms with E-state index in [-0.39, 0.29) is 18.9 Å². The number of carbonyl (C=O) groups excluding carboxylic acids is 1. The van der Waals surface area contributed by atoms with E-state index in [1.807, 2.05) is 13.8 Å². The van der Waals surface area contributed by atoms with E-state index in [4.69, 9.17) is 9.26 Å². The van der Waals surface area contributed by atoms with Crippen molar-refractivity contribution in [1.82, 2.24) is 15.5 Å². The maximum atomic E-state index is 11.7. The zero-order valence-electron chi connectivity index (χ0n) is 19.2. The molecule has 1 amide bonds. The molecular formula is C22H39N3O5. The maximum absolute atomic E-state index is 11.7. The summed E-state index contributed by atoms with van der Waals surface area (Å²) >= 11 is 0. The summed E-state index contributed by atoms with van der Waals surface area (Å²) in [4.78, 5) is 27.2. The van der Waals surface area contributed by atoms with E-state index >= 15 is 0 Å². The summed E-state index contributed by atoms with van der Waals surface area (Å²) in [6.45, 7) is 9.41. The highest BCUT2D eigenvalue weighted by atomic mass is 16.6. The molecule has 1 aliphatic rings. The fourth-order valence-corrected chi connectivity index (χ4v) is 3.62. The summed E-state index contributed by atoms with van der Waals surface area (Å²) in [6.07, 6.45) is 8.70. The number of rotatable bonds is 9. The first kappa shape index (κ1) is 25.9. The van der Waals surface area contributed by atoms with E-state index in [0.29, 0.717) is 18.1 Å². The van der Waals surface area contributed by atoms with Crippen molar-refractivity contribution in [2.24, 2.45) is 5.92 Å². The molecule has 1 heterocycles. The highest BCUT2D eigenvalue weighted by Crippen LogP contribution is 2.31. The van der Waals surface area contributed by atoms with Gasteiger partial charge < -0.3 is 19.7 Å². The standard InChI is InChI=1S/C20H33N3O5.C2H6/c1-20(2,3)27-19(26)21-13-16-22-18(28-23-16)15(12-17(24)25)11-7-10-14-8-5-4-6-9-14;1-2/h14-15H,4-13H2,1-3H3,(H,21,26)(H,24,25);1-2H3/t15-;/m1./s1. The van der Waals surface area contributed by atoms with Gasteiger partial charge in [0.1, 0.15) is 5.60 Å². The molecule has 0 unspecified atom stereocenters. The molecule has 1 aromatic rings. The number of hydrogen-bond donors (Lipinski definition) is 2. The molecule has 2 rings (SSSR count). The van der Waals surface area contributed by atoms with Gasteiger partial charge >= 0.3 is 12.1 Å². The third-order valence-electron chi connectivity index (χ3n) is 4.93. The SMILES string of the molecule is CC.CC(C)(C)OC(=O)NCc1noc([C@H](CCCC2CCCCC2)CC(=O)O)n1. The second-order valence-electron chi connectivity index (χ2n) is 8.63. The molecular weight excluding hydrogens is 386 g/mol. The predicted molar refractivity (Wildman–Crippen MR) is 114 cm³/mol. The zero-order valence-corrected chi connectivity index (χ0v) is 19.2. The van der Waals surface area contributed by atoms with Gasteiger partial charge in [-0.05, 0) is 33.1 Å². The topological polar surface area (TPSA) is 115 Å². The number of aromatic nitrogens is 2. The van der Waals surface area contributed by atoms with E-state index in [1.165, 1.54) is 32.1 Å². The summed E-state index contributed by atoms with van der Waals surface area (Å²) in [5.41, 5.74) is -0.586. The largest absolute Gasteiger partial charge is 0.481 e. The molecule has 0 aliphatic heterocycles. The summed E-state index contributed by atoms with van der Waals surface area (Å²) in [5.74, 6) is 0.212. The Bertz CT molecular complexity index is 633. The number of alkyl carbamates (subject to hydrolysis) is 1. The lowest BCUT2D eigenvalue weighted by Gasteiger charge is -2.21. The van der Waals surface area contributed by atoms with Crippen LogP contribution in [0.1, 0.15) is 110 Å². The van der Waals surface area contributed by atoms with Gasteiger partial charge in [-0.25, -0.2) is 4.79 Å². The van der Waals surface area contributed by atoms with Crippen LogP contribution in [-0.2, 0) is 16.1 Å². The zero-order chi connectivity index (χ0) is 22.6. The van der Waals surface area contributed by atoms with Crippen molar-refractivity contribution >= 4 is 12.1 Å². The molecule has 1 atom stereocenters. The molecule has 8 heteroatoms. The molecule has 8 nitrogen and oxygen atoms in total. The van der Waals surface area contributed by atoms with Gasteiger partial charge in [0.25, 0.3) is 0 Å². The van der Waals surface area contributed by atoms with Crippen LogP contribution in [0, 0.1) is 5.92 Å². The average Bonchev–Trinajstić information content (AvgIpc) is 3.15. The molecule has 1 aromatic heterocycles. The monoisotopic (exact) mass is 425 g/mol. The summed E-state index contributed by atoms with van der Waals surface area (Å²) in [7, 11) is 0. The smallest absolute Gasteiger partial charge is 0.408 e. The quantitative estimate of drug-likeness (QED) is 0.542. The molecule has 1 fully saturated rings. The number of nitrogens with zero attached hydrogens (tertiary/aromatic N) is 2. The minimum atomic E-state index is -0.880. The summed E-state index contributed by atoms with van der Waals surface area (Å²) in [5, 5.41) is 15.7. The molecule has 0 saturated heterocycles. The van der Waals surface area contributed by atoms with Crippen LogP contribution in [0.4, 0.5) is 4.79 Å². The van der Waals surface area contributed by atoms with Crippen molar-refractivity contribution in [2.45, 2.75) is 110 Å². The minimum Gasteiger partial charge on any atom is -0.481 e. The highest BCUT2D eigenvalue weighted by molar-refractivity contribution is 5.68. The molecule has 30 heavy (non-hydrogen) atoms. The van der Waals surface area contributed by atoms with Gasteiger partial charge in [-0.1, -0.05) is 63.9 Å². The Morgan fingerprint density at radius 2 is 1.90 bits per heavy atom. The van der Waals surface area contributed by atoms with E-state index in [1.54, 1.807) is 20.8 Å². The van der Waals surface area contributed by atoms with Crippen molar-refractivity contribution in [3.05, 3.63) is 11.7 Å². The van der Waals surface area contributed by atoms with Gasteiger partial charge in [0.2, 0.25) is 5.89 Å². The predicted octanol–water partition coefficient (Wildman–Crippen LogP) is 5.43. The Morgan fingerprint density at radius 3 is 2.50 bits per heavy atom. The molecule has 0 bridgehead atoms. The summed E-state index contributed by atoms with van der Waals surface area (Å²) < 4.78 is 10.4. The lowest BCUT2D eigenvalue weighted by Crippen LogP contribution is -2.32. The lowest BCUT2D eigenvalue weighted by atomic mass is 9.84. The average molecular weight is 426 g/mol. The third-order valence-corrected chi connectivity index (χ3v) is 4.93. The Hall–Kier alpha value is -2.12. The first-order chi connectivity index (χ1) is 14.2. The van der Waals surface area contributed by atoms with E-state index in [9.17, 15) is 14.7 Å². The fourth-order valence-electron chi connectivity index (χ4n) is 3.62. The van der Waals surface area contributed by atoms with Crippen LogP contribution in [-0.4, -0.2) is 32.9 Å². The third kappa shape index (κ3) is 10.6. The highest BCUT2D eigenvalue weighted by Gasteiger charge is 2.23. The van der Waals surface area contributed by atoms with E-state index in [0.717, 1.165) is 18.8 Å². The van der Waals surface area contributed by atoms with Gasteiger partial charge in [-0.3, -0.25) is 4.79 Å². The second-order valence-corrected chi connectivity index (χ2v) is 8.63. The van der Waals surface area contributed by atoms with Crippen molar-refractivity contribution in [1.29, 1.82) is 0 Å². The van der Waals surface area contributed by atoms with Crippen LogP contribution in [0.2, 0.25) is 0 Å². The Morgan fingerprint density at radius 1 is 1.23 bits per heavy atom. The first-order valence-corrected chi connectivity index (χ1v) is 11.2. The Labute approximate surface area is 180 Å². The Kier molecular flexibility index (Phi) is 11.4. The number of hydrogen-bond acceptors (Lipinski definition) is 6. The van der Waals surface area contributed by atoms with Gasteiger partial charge in [0.05, 0.1) is 13.0 Å². The van der Waals surface area contributed by atoms with Crippen LogP contribution in [0.25, 0.3) is 0 Å². The molecule has 0 radical (unpaired) electrons. The van der Waals surface area contributed by atoms with Crippen LogP contribution < -0.4 is 5.32 Å². The van der Waals surface area contributed by atoms with E-state index < -0.39 is 17.7 Å².